The second-order valence-electron chi connectivity index (χ2n) is 5.45. The SMILES string of the molecule is COC(C)(C)CN1CCNCC1C(C)C. The van der Waals surface area contributed by atoms with Crippen molar-refractivity contribution >= 4 is 0 Å². The Labute approximate surface area is 94.2 Å². The van der Waals surface area contributed by atoms with Crippen LogP contribution < -0.4 is 5.32 Å². The van der Waals surface area contributed by atoms with E-state index in [2.05, 4.69) is 37.9 Å². The summed E-state index contributed by atoms with van der Waals surface area (Å²) >= 11 is 0. The van der Waals surface area contributed by atoms with Gasteiger partial charge in [0.1, 0.15) is 0 Å². The van der Waals surface area contributed by atoms with Crippen molar-refractivity contribution in [3.63, 3.8) is 0 Å². The topological polar surface area (TPSA) is 24.5 Å². The van der Waals surface area contributed by atoms with Crippen LogP contribution in [-0.4, -0.2) is 49.8 Å². The van der Waals surface area contributed by atoms with Crippen LogP contribution in [-0.2, 0) is 4.74 Å². The first kappa shape index (κ1) is 12.9. The van der Waals surface area contributed by atoms with Crippen LogP contribution in [0.2, 0.25) is 0 Å². The van der Waals surface area contributed by atoms with Gasteiger partial charge in [0.05, 0.1) is 5.60 Å². The molecule has 1 saturated heterocycles. The van der Waals surface area contributed by atoms with E-state index in [4.69, 9.17) is 4.74 Å². The van der Waals surface area contributed by atoms with Crippen molar-refractivity contribution in [1.82, 2.24) is 10.2 Å². The van der Waals surface area contributed by atoms with Crippen LogP contribution in [0, 0.1) is 5.92 Å². The van der Waals surface area contributed by atoms with Gasteiger partial charge in [-0.1, -0.05) is 13.8 Å². The molecule has 0 amide bonds. The van der Waals surface area contributed by atoms with Gasteiger partial charge >= 0.3 is 0 Å². The lowest BCUT2D eigenvalue weighted by Gasteiger charge is -2.42. The van der Waals surface area contributed by atoms with E-state index in [9.17, 15) is 0 Å². The Morgan fingerprint density at radius 1 is 1.47 bits per heavy atom. The van der Waals surface area contributed by atoms with E-state index in [1.54, 1.807) is 7.11 Å². The van der Waals surface area contributed by atoms with E-state index in [-0.39, 0.29) is 5.60 Å². The van der Waals surface area contributed by atoms with Gasteiger partial charge in [-0.15, -0.1) is 0 Å². The quantitative estimate of drug-likeness (QED) is 0.764. The van der Waals surface area contributed by atoms with E-state index >= 15 is 0 Å². The van der Waals surface area contributed by atoms with Crippen LogP contribution in [0.4, 0.5) is 0 Å². The Morgan fingerprint density at radius 2 is 2.13 bits per heavy atom. The summed E-state index contributed by atoms with van der Waals surface area (Å²) in [6.45, 7) is 13.3. The number of piperazine rings is 1. The molecule has 0 aromatic rings. The predicted octanol–water partition coefficient (Wildman–Crippen LogP) is 1.34. The van der Waals surface area contributed by atoms with Gasteiger partial charge < -0.3 is 10.1 Å². The first-order chi connectivity index (χ1) is 6.96. The first-order valence-electron chi connectivity index (χ1n) is 5.96. The highest BCUT2D eigenvalue weighted by Gasteiger charge is 2.29. The number of hydrogen-bond acceptors (Lipinski definition) is 3. The molecule has 1 rings (SSSR count). The third-order valence-corrected chi connectivity index (χ3v) is 3.30. The van der Waals surface area contributed by atoms with Crippen molar-refractivity contribution in [2.24, 2.45) is 5.92 Å². The van der Waals surface area contributed by atoms with E-state index in [1.165, 1.54) is 0 Å². The second kappa shape index (κ2) is 5.28. The van der Waals surface area contributed by atoms with E-state index in [1.807, 2.05) is 0 Å². The van der Waals surface area contributed by atoms with Gasteiger partial charge in [0.25, 0.3) is 0 Å². The minimum atomic E-state index is -0.0372. The number of nitrogens with zero attached hydrogens (tertiary/aromatic N) is 1. The number of ether oxygens (including phenoxy) is 1. The lowest BCUT2D eigenvalue weighted by atomic mass is 9.98. The van der Waals surface area contributed by atoms with Crippen molar-refractivity contribution in [1.29, 1.82) is 0 Å². The average Bonchev–Trinajstić information content (AvgIpc) is 2.18. The van der Waals surface area contributed by atoms with Crippen LogP contribution in [0.1, 0.15) is 27.7 Å². The molecule has 0 bridgehead atoms. The summed E-state index contributed by atoms with van der Waals surface area (Å²) < 4.78 is 5.51. The lowest BCUT2D eigenvalue weighted by Crippen LogP contribution is -2.57. The van der Waals surface area contributed by atoms with Crippen LogP contribution in [0.3, 0.4) is 0 Å². The van der Waals surface area contributed by atoms with E-state index < -0.39 is 0 Å². The molecule has 0 aromatic carbocycles. The van der Waals surface area contributed by atoms with Crippen LogP contribution in [0.5, 0.6) is 0 Å². The fourth-order valence-electron chi connectivity index (χ4n) is 2.17. The first-order valence-corrected chi connectivity index (χ1v) is 5.96. The molecule has 0 aromatic heterocycles. The molecule has 1 heterocycles. The normalized spacial score (nSPS) is 24.8. The smallest absolute Gasteiger partial charge is 0.0749 e. The van der Waals surface area contributed by atoms with Gasteiger partial charge in [-0.25, -0.2) is 0 Å². The average molecular weight is 214 g/mol. The maximum atomic E-state index is 5.51. The molecule has 1 fully saturated rings. The summed E-state index contributed by atoms with van der Waals surface area (Å²) in [5.41, 5.74) is -0.0372. The summed E-state index contributed by atoms with van der Waals surface area (Å²) in [6.07, 6.45) is 0. The maximum Gasteiger partial charge on any atom is 0.0749 e. The standard InChI is InChI=1S/C12H26N2O/c1-10(2)11-8-13-6-7-14(11)9-12(3,4)15-5/h10-11,13H,6-9H2,1-5H3. The molecular weight excluding hydrogens is 188 g/mol. The third-order valence-electron chi connectivity index (χ3n) is 3.30. The molecule has 15 heavy (non-hydrogen) atoms. The largest absolute Gasteiger partial charge is 0.377 e. The summed E-state index contributed by atoms with van der Waals surface area (Å²) in [5.74, 6) is 0.699. The van der Waals surface area contributed by atoms with Gasteiger partial charge in [0.15, 0.2) is 0 Å². The van der Waals surface area contributed by atoms with Crippen LogP contribution in [0.15, 0.2) is 0 Å². The van der Waals surface area contributed by atoms with Gasteiger partial charge in [-0.05, 0) is 19.8 Å². The Bertz CT molecular complexity index is 192. The molecule has 1 aliphatic heterocycles. The fraction of sp³-hybridized carbons (Fsp3) is 1.00. The maximum absolute atomic E-state index is 5.51. The zero-order valence-electron chi connectivity index (χ0n) is 10.8. The van der Waals surface area contributed by atoms with Gasteiger partial charge in [0.2, 0.25) is 0 Å². The molecule has 0 radical (unpaired) electrons. The highest BCUT2D eigenvalue weighted by molar-refractivity contribution is 4.86. The van der Waals surface area contributed by atoms with Gasteiger partial charge in [-0.2, -0.15) is 0 Å². The molecule has 1 N–H and O–H groups in total. The molecule has 3 nitrogen and oxygen atoms in total. The number of rotatable bonds is 4. The van der Waals surface area contributed by atoms with Crippen LogP contribution in [0.25, 0.3) is 0 Å². The Kier molecular flexibility index (Phi) is 4.56. The van der Waals surface area contributed by atoms with Crippen molar-refractivity contribution in [2.75, 3.05) is 33.3 Å². The molecule has 0 spiro atoms. The minimum Gasteiger partial charge on any atom is -0.377 e. The lowest BCUT2D eigenvalue weighted by molar-refractivity contribution is -0.0279. The zero-order chi connectivity index (χ0) is 11.5. The number of hydrogen-bond donors (Lipinski definition) is 1. The Hall–Kier alpha value is -0.120. The van der Waals surface area contributed by atoms with Crippen molar-refractivity contribution in [3.05, 3.63) is 0 Å². The van der Waals surface area contributed by atoms with Gasteiger partial charge in [-0.3, -0.25) is 4.90 Å². The molecule has 3 heteroatoms. The molecular formula is C12H26N2O. The molecule has 0 saturated carbocycles. The summed E-state index contributed by atoms with van der Waals surface area (Å²) in [7, 11) is 1.80. The van der Waals surface area contributed by atoms with Crippen molar-refractivity contribution < 1.29 is 4.74 Å². The summed E-state index contributed by atoms with van der Waals surface area (Å²) in [6, 6.07) is 0.646. The number of methoxy groups -OCH3 is 1. The Balaban J connectivity index is 2.57. The molecule has 1 unspecified atom stereocenters. The fourth-order valence-corrected chi connectivity index (χ4v) is 2.17. The van der Waals surface area contributed by atoms with E-state index in [0.29, 0.717) is 12.0 Å². The highest BCUT2D eigenvalue weighted by atomic mass is 16.5. The monoisotopic (exact) mass is 214 g/mol. The third kappa shape index (κ3) is 3.74. The van der Waals surface area contributed by atoms with Crippen molar-refractivity contribution in [2.45, 2.75) is 39.3 Å². The molecule has 0 aliphatic carbocycles. The molecule has 1 atom stereocenters. The van der Waals surface area contributed by atoms with Crippen molar-refractivity contribution in [3.8, 4) is 0 Å². The van der Waals surface area contributed by atoms with E-state index in [0.717, 1.165) is 26.2 Å². The molecule has 90 valence electrons. The minimum absolute atomic E-state index is 0.0372. The summed E-state index contributed by atoms with van der Waals surface area (Å²) in [5, 5.41) is 3.47. The van der Waals surface area contributed by atoms with Gasteiger partial charge in [0, 0.05) is 39.3 Å². The molecule has 1 aliphatic rings. The van der Waals surface area contributed by atoms with Crippen LogP contribution >= 0.6 is 0 Å². The second-order valence-corrected chi connectivity index (χ2v) is 5.45. The zero-order valence-corrected chi connectivity index (χ0v) is 10.8. The number of nitrogens with one attached hydrogen (secondary N) is 1. The predicted molar refractivity (Wildman–Crippen MR) is 64.2 cm³/mol. The Morgan fingerprint density at radius 3 is 2.67 bits per heavy atom. The highest BCUT2D eigenvalue weighted by Crippen LogP contribution is 2.18. The summed E-state index contributed by atoms with van der Waals surface area (Å²) in [4.78, 5) is 2.56.